The second kappa shape index (κ2) is 2.76. The Labute approximate surface area is 75.6 Å². The fourth-order valence-electron chi connectivity index (χ4n) is 1.58. The number of hydrogen-bond acceptors (Lipinski definition) is 2. The van der Waals surface area contributed by atoms with E-state index < -0.39 is 6.09 Å². The van der Waals surface area contributed by atoms with Gasteiger partial charge < -0.3 is 9.67 Å². The summed E-state index contributed by atoms with van der Waals surface area (Å²) in [7, 11) is 0. The predicted octanol–water partition coefficient (Wildman–Crippen LogP) is 0.685. The Morgan fingerprint density at radius 1 is 1.62 bits per heavy atom. The molecule has 0 unspecified atom stereocenters. The van der Waals surface area contributed by atoms with Gasteiger partial charge in [0.2, 0.25) is 0 Å². The smallest absolute Gasteiger partial charge is 0.407 e. The largest absolute Gasteiger partial charge is 0.465 e. The van der Waals surface area contributed by atoms with Crippen molar-refractivity contribution in [3.8, 4) is 0 Å². The van der Waals surface area contributed by atoms with Gasteiger partial charge in [-0.05, 0) is 6.92 Å². The highest BCUT2D eigenvalue weighted by molar-refractivity contribution is 5.65. The highest BCUT2D eigenvalue weighted by atomic mass is 16.4. The number of fused-ring (bicyclic) bond motifs is 1. The van der Waals surface area contributed by atoms with Crippen molar-refractivity contribution in [3.05, 3.63) is 17.7 Å². The zero-order valence-corrected chi connectivity index (χ0v) is 7.40. The van der Waals surface area contributed by atoms with E-state index in [4.69, 9.17) is 5.11 Å². The minimum atomic E-state index is -0.869. The van der Waals surface area contributed by atoms with Gasteiger partial charge in [-0.15, -0.1) is 0 Å². The lowest BCUT2D eigenvalue weighted by atomic mass is 10.3. The van der Waals surface area contributed by atoms with E-state index in [2.05, 4.69) is 9.55 Å². The summed E-state index contributed by atoms with van der Waals surface area (Å²) >= 11 is 0. The number of amides is 1. The Bertz CT molecular complexity index is 345. The molecule has 0 saturated heterocycles. The second-order valence-corrected chi connectivity index (χ2v) is 3.17. The van der Waals surface area contributed by atoms with Crippen LogP contribution in [0.3, 0.4) is 0 Å². The summed E-state index contributed by atoms with van der Waals surface area (Å²) in [6.45, 7) is 3.66. The molecular formula is C8H11N3O2. The number of carboxylic acid groups (broad SMARTS) is 1. The van der Waals surface area contributed by atoms with Crippen LogP contribution in [0.15, 0.2) is 6.20 Å². The molecule has 0 fully saturated rings. The fourth-order valence-corrected chi connectivity index (χ4v) is 1.58. The zero-order valence-electron chi connectivity index (χ0n) is 7.40. The first-order valence-corrected chi connectivity index (χ1v) is 4.17. The Morgan fingerprint density at radius 3 is 3.08 bits per heavy atom. The van der Waals surface area contributed by atoms with Crippen molar-refractivity contribution < 1.29 is 9.90 Å². The van der Waals surface area contributed by atoms with Gasteiger partial charge in [-0.25, -0.2) is 9.78 Å². The first kappa shape index (κ1) is 8.10. The van der Waals surface area contributed by atoms with Gasteiger partial charge in [0.25, 0.3) is 0 Å². The van der Waals surface area contributed by atoms with Crippen LogP contribution in [-0.2, 0) is 13.1 Å². The van der Waals surface area contributed by atoms with E-state index in [0.717, 1.165) is 11.5 Å². The van der Waals surface area contributed by atoms with Crippen molar-refractivity contribution in [2.45, 2.75) is 20.0 Å². The van der Waals surface area contributed by atoms with Gasteiger partial charge in [0, 0.05) is 25.0 Å². The summed E-state index contributed by atoms with van der Waals surface area (Å²) in [6, 6.07) is 0. The molecular weight excluding hydrogens is 170 g/mol. The number of carbonyl (C=O) groups is 1. The first-order valence-electron chi connectivity index (χ1n) is 4.17. The molecule has 70 valence electrons. The Hall–Kier alpha value is -1.52. The third kappa shape index (κ3) is 1.26. The molecule has 1 aliphatic heterocycles. The highest BCUT2D eigenvalue weighted by Gasteiger charge is 2.21. The summed E-state index contributed by atoms with van der Waals surface area (Å²) in [4.78, 5) is 16.2. The molecule has 2 heterocycles. The molecule has 0 atom stereocenters. The van der Waals surface area contributed by atoms with E-state index in [9.17, 15) is 4.79 Å². The lowest BCUT2D eigenvalue weighted by molar-refractivity contribution is 0.131. The summed E-state index contributed by atoms with van der Waals surface area (Å²) in [5.74, 6) is 0.839. The minimum absolute atomic E-state index is 0.406. The summed E-state index contributed by atoms with van der Waals surface area (Å²) in [6.07, 6.45) is 0.910. The number of imidazole rings is 1. The summed E-state index contributed by atoms with van der Waals surface area (Å²) in [5, 5.41) is 8.76. The van der Waals surface area contributed by atoms with Crippen LogP contribution in [-0.4, -0.2) is 32.2 Å². The molecule has 5 nitrogen and oxygen atoms in total. The average Bonchev–Trinajstić information content (AvgIpc) is 2.47. The fraction of sp³-hybridized carbons (Fsp3) is 0.500. The number of aryl methyl sites for hydroxylation is 1. The summed E-state index contributed by atoms with van der Waals surface area (Å²) in [5.41, 5.74) is 1.10. The number of rotatable bonds is 0. The Morgan fingerprint density at radius 2 is 2.38 bits per heavy atom. The molecule has 1 aromatic heterocycles. The van der Waals surface area contributed by atoms with Crippen LogP contribution in [0.2, 0.25) is 0 Å². The third-order valence-corrected chi connectivity index (χ3v) is 2.33. The van der Waals surface area contributed by atoms with Crippen LogP contribution in [0.4, 0.5) is 4.79 Å². The molecule has 0 spiro atoms. The third-order valence-electron chi connectivity index (χ3n) is 2.33. The van der Waals surface area contributed by atoms with Crippen molar-refractivity contribution in [1.82, 2.24) is 14.5 Å². The van der Waals surface area contributed by atoms with Crippen LogP contribution in [0.5, 0.6) is 0 Å². The van der Waals surface area contributed by atoms with Crippen LogP contribution in [0.1, 0.15) is 11.5 Å². The Balaban J connectivity index is 2.25. The molecule has 13 heavy (non-hydrogen) atoms. The molecule has 5 heteroatoms. The molecule has 1 amide bonds. The maximum absolute atomic E-state index is 10.7. The van der Waals surface area contributed by atoms with Crippen molar-refractivity contribution >= 4 is 6.09 Å². The van der Waals surface area contributed by atoms with E-state index in [1.165, 1.54) is 4.90 Å². The van der Waals surface area contributed by atoms with Crippen LogP contribution in [0.25, 0.3) is 0 Å². The molecule has 2 rings (SSSR count). The average molecular weight is 181 g/mol. The quantitative estimate of drug-likeness (QED) is 0.640. The molecule has 1 N–H and O–H groups in total. The summed E-state index contributed by atoms with van der Waals surface area (Å²) < 4.78 is 2.06. The predicted molar refractivity (Wildman–Crippen MR) is 45.4 cm³/mol. The van der Waals surface area contributed by atoms with Gasteiger partial charge in [0.15, 0.2) is 0 Å². The van der Waals surface area contributed by atoms with E-state index in [0.29, 0.717) is 19.6 Å². The van der Waals surface area contributed by atoms with Gasteiger partial charge >= 0.3 is 6.09 Å². The monoisotopic (exact) mass is 181 g/mol. The molecule has 1 aliphatic rings. The number of aromatic nitrogens is 2. The highest BCUT2D eigenvalue weighted by Crippen LogP contribution is 2.13. The normalized spacial score (nSPS) is 15.6. The van der Waals surface area contributed by atoms with E-state index in [1.54, 1.807) is 6.20 Å². The van der Waals surface area contributed by atoms with E-state index in [1.807, 2.05) is 6.92 Å². The lowest BCUT2D eigenvalue weighted by Gasteiger charge is -2.25. The lowest BCUT2D eigenvalue weighted by Crippen LogP contribution is -2.37. The first-order chi connectivity index (χ1) is 6.18. The van der Waals surface area contributed by atoms with Crippen LogP contribution < -0.4 is 0 Å². The van der Waals surface area contributed by atoms with Gasteiger partial charge in [-0.3, -0.25) is 4.90 Å². The topological polar surface area (TPSA) is 58.4 Å². The maximum Gasteiger partial charge on any atom is 0.407 e. The van der Waals surface area contributed by atoms with Gasteiger partial charge in [-0.1, -0.05) is 0 Å². The number of nitrogens with zero attached hydrogens (tertiary/aromatic N) is 3. The van der Waals surface area contributed by atoms with Crippen molar-refractivity contribution in [1.29, 1.82) is 0 Å². The standard InChI is InChI=1S/C8H11N3O2/c1-6-4-9-7-5-10(8(12)13)2-3-11(6)7/h4H,2-3,5H2,1H3,(H,12,13). The van der Waals surface area contributed by atoms with E-state index >= 15 is 0 Å². The second-order valence-electron chi connectivity index (χ2n) is 3.17. The van der Waals surface area contributed by atoms with Gasteiger partial charge in [0.1, 0.15) is 5.82 Å². The van der Waals surface area contributed by atoms with Crippen molar-refractivity contribution in [2.75, 3.05) is 6.54 Å². The van der Waals surface area contributed by atoms with Crippen molar-refractivity contribution in [3.63, 3.8) is 0 Å². The van der Waals surface area contributed by atoms with Crippen molar-refractivity contribution in [2.24, 2.45) is 0 Å². The molecule has 1 aromatic rings. The maximum atomic E-state index is 10.7. The molecule has 0 saturated carbocycles. The molecule has 0 radical (unpaired) electrons. The van der Waals surface area contributed by atoms with E-state index in [-0.39, 0.29) is 0 Å². The SMILES string of the molecule is Cc1cnc2n1CCN(C(=O)O)C2. The Kier molecular flexibility index (Phi) is 1.72. The molecule has 0 aromatic carbocycles. The van der Waals surface area contributed by atoms with Gasteiger partial charge in [-0.2, -0.15) is 0 Å². The number of hydrogen-bond donors (Lipinski definition) is 1. The zero-order chi connectivity index (χ0) is 9.42. The van der Waals surface area contributed by atoms with Crippen LogP contribution in [0, 0.1) is 6.92 Å². The van der Waals surface area contributed by atoms with Gasteiger partial charge in [0.05, 0.1) is 6.54 Å². The molecule has 0 aliphatic carbocycles. The van der Waals surface area contributed by atoms with Crippen LogP contribution >= 0.6 is 0 Å². The molecule has 0 bridgehead atoms. The minimum Gasteiger partial charge on any atom is -0.465 e.